The van der Waals surface area contributed by atoms with Crippen LogP contribution in [-0.2, 0) is 12.8 Å². The van der Waals surface area contributed by atoms with Gasteiger partial charge in [-0.3, -0.25) is 0 Å². The molecule has 0 saturated heterocycles. The molecule has 4 N–H and O–H groups in total. The highest BCUT2D eigenvalue weighted by atomic mass is 16.5. The summed E-state index contributed by atoms with van der Waals surface area (Å²) < 4.78 is 10.4. The maximum atomic E-state index is 6.25. The first kappa shape index (κ1) is 17.3. The molecule has 0 bridgehead atoms. The molecule has 0 aliphatic carbocycles. The van der Waals surface area contributed by atoms with Crippen LogP contribution in [0.2, 0.25) is 0 Å². The number of ether oxygens (including phenoxy) is 2. The Labute approximate surface area is 138 Å². The number of hydrogen-bond donors (Lipinski definition) is 2. The fourth-order valence-electron chi connectivity index (χ4n) is 2.70. The quantitative estimate of drug-likeness (QED) is 0.785. The number of nitrogens with two attached hydrogens (primary N) is 2. The molecule has 0 fully saturated rings. The van der Waals surface area contributed by atoms with Crippen LogP contribution in [0.1, 0.15) is 11.1 Å². The predicted octanol–water partition coefficient (Wildman–Crippen LogP) is 2.39. The van der Waals surface area contributed by atoms with Crippen LogP contribution in [0.25, 0.3) is 0 Å². The van der Waals surface area contributed by atoms with Crippen molar-refractivity contribution in [3.63, 3.8) is 0 Å². The predicted molar refractivity (Wildman–Crippen MR) is 93.9 cm³/mol. The normalized spacial score (nSPS) is 12.2. The van der Waals surface area contributed by atoms with Crippen LogP contribution in [-0.4, -0.2) is 26.8 Å². The summed E-state index contributed by atoms with van der Waals surface area (Å²) >= 11 is 0. The van der Waals surface area contributed by atoms with Crippen molar-refractivity contribution in [3.05, 3.63) is 59.7 Å². The van der Waals surface area contributed by atoms with Crippen molar-refractivity contribution >= 4 is 0 Å². The van der Waals surface area contributed by atoms with Gasteiger partial charge in [0.1, 0.15) is 11.5 Å². The molecular formula is C19H26N2O2. The molecule has 4 nitrogen and oxygen atoms in total. The molecule has 1 unspecified atom stereocenters. The van der Waals surface area contributed by atoms with Gasteiger partial charge in [-0.05, 0) is 54.2 Å². The van der Waals surface area contributed by atoms with Gasteiger partial charge in [0.05, 0.1) is 14.2 Å². The zero-order valence-corrected chi connectivity index (χ0v) is 13.9. The average molecular weight is 314 g/mol. The fraction of sp³-hybridized carbons (Fsp3) is 0.368. The lowest BCUT2D eigenvalue weighted by Gasteiger charge is -2.23. The first-order valence-corrected chi connectivity index (χ1v) is 7.87. The lowest BCUT2D eigenvalue weighted by molar-refractivity contribution is 0.409. The third-order valence-corrected chi connectivity index (χ3v) is 4.19. The lowest BCUT2D eigenvalue weighted by Crippen LogP contribution is -2.39. The molecule has 0 aromatic heterocycles. The van der Waals surface area contributed by atoms with Gasteiger partial charge >= 0.3 is 0 Å². The van der Waals surface area contributed by atoms with Crippen LogP contribution in [0.3, 0.4) is 0 Å². The Morgan fingerprint density at radius 1 is 0.783 bits per heavy atom. The standard InChI is InChI=1S/C19H26N2O2/c1-22-17-7-3-14(4-8-17)11-16(19(21)13-20)12-15-5-9-18(23-2)10-6-15/h3-10,16,19H,11-13,20-21H2,1-2H3. The molecule has 0 aliphatic rings. The van der Waals surface area contributed by atoms with Gasteiger partial charge in [-0.2, -0.15) is 0 Å². The van der Waals surface area contributed by atoms with Gasteiger partial charge in [-0.1, -0.05) is 24.3 Å². The van der Waals surface area contributed by atoms with E-state index in [1.165, 1.54) is 11.1 Å². The molecule has 0 spiro atoms. The zero-order valence-electron chi connectivity index (χ0n) is 13.9. The van der Waals surface area contributed by atoms with Crippen LogP contribution in [0.15, 0.2) is 48.5 Å². The Kier molecular flexibility index (Phi) is 6.44. The molecule has 2 aromatic carbocycles. The van der Waals surface area contributed by atoms with Crippen LogP contribution in [0.4, 0.5) is 0 Å². The largest absolute Gasteiger partial charge is 0.497 e. The summed E-state index contributed by atoms with van der Waals surface area (Å²) in [6.07, 6.45) is 1.79. The van der Waals surface area contributed by atoms with Gasteiger partial charge in [0.2, 0.25) is 0 Å². The molecule has 23 heavy (non-hydrogen) atoms. The fourth-order valence-corrected chi connectivity index (χ4v) is 2.70. The van der Waals surface area contributed by atoms with Crippen LogP contribution < -0.4 is 20.9 Å². The smallest absolute Gasteiger partial charge is 0.118 e. The molecule has 0 amide bonds. The van der Waals surface area contributed by atoms with E-state index in [0.717, 1.165) is 24.3 Å². The van der Waals surface area contributed by atoms with E-state index in [9.17, 15) is 0 Å². The highest BCUT2D eigenvalue weighted by Crippen LogP contribution is 2.21. The topological polar surface area (TPSA) is 70.5 Å². The van der Waals surface area contributed by atoms with E-state index >= 15 is 0 Å². The van der Waals surface area contributed by atoms with Crippen LogP contribution in [0, 0.1) is 5.92 Å². The minimum absolute atomic E-state index is 0.0285. The summed E-state index contributed by atoms with van der Waals surface area (Å²) in [5.74, 6) is 2.02. The maximum absolute atomic E-state index is 6.25. The molecule has 0 heterocycles. The first-order chi connectivity index (χ1) is 11.2. The molecule has 124 valence electrons. The molecule has 2 aromatic rings. The first-order valence-electron chi connectivity index (χ1n) is 7.87. The van der Waals surface area contributed by atoms with E-state index in [2.05, 4.69) is 24.3 Å². The van der Waals surface area contributed by atoms with Gasteiger partial charge in [0, 0.05) is 12.6 Å². The zero-order chi connectivity index (χ0) is 16.7. The Bertz CT molecular complexity index is 532. The number of methoxy groups -OCH3 is 2. The molecule has 0 aliphatic heterocycles. The summed E-state index contributed by atoms with van der Waals surface area (Å²) in [5.41, 5.74) is 14.5. The second-order valence-corrected chi connectivity index (χ2v) is 5.76. The highest BCUT2D eigenvalue weighted by Gasteiger charge is 2.18. The third kappa shape index (κ3) is 4.98. The third-order valence-electron chi connectivity index (χ3n) is 4.19. The average Bonchev–Trinajstić information content (AvgIpc) is 2.61. The summed E-state index contributed by atoms with van der Waals surface area (Å²) in [6.45, 7) is 0.483. The Hall–Kier alpha value is -2.04. The Morgan fingerprint density at radius 3 is 1.48 bits per heavy atom. The Balaban J connectivity index is 2.08. The molecular weight excluding hydrogens is 288 g/mol. The van der Waals surface area contributed by atoms with Crippen LogP contribution in [0.5, 0.6) is 11.5 Å². The van der Waals surface area contributed by atoms with Crippen molar-refractivity contribution in [1.82, 2.24) is 0 Å². The monoisotopic (exact) mass is 314 g/mol. The SMILES string of the molecule is COc1ccc(CC(Cc2ccc(OC)cc2)C(N)CN)cc1. The molecule has 0 saturated carbocycles. The highest BCUT2D eigenvalue weighted by molar-refractivity contribution is 5.29. The van der Waals surface area contributed by atoms with Gasteiger partial charge in [-0.25, -0.2) is 0 Å². The van der Waals surface area contributed by atoms with E-state index in [1.807, 2.05) is 24.3 Å². The molecule has 0 radical (unpaired) electrons. The molecule has 1 atom stereocenters. The van der Waals surface area contributed by atoms with Crippen molar-refractivity contribution in [1.29, 1.82) is 0 Å². The van der Waals surface area contributed by atoms with Gasteiger partial charge in [0.15, 0.2) is 0 Å². The number of benzene rings is 2. The van der Waals surface area contributed by atoms with E-state index < -0.39 is 0 Å². The minimum Gasteiger partial charge on any atom is -0.497 e. The number of rotatable bonds is 8. The second kappa shape index (κ2) is 8.56. The van der Waals surface area contributed by atoms with Crippen molar-refractivity contribution in [2.75, 3.05) is 20.8 Å². The molecule has 4 heteroatoms. The van der Waals surface area contributed by atoms with Crippen molar-refractivity contribution in [2.45, 2.75) is 18.9 Å². The van der Waals surface area contributed by atoms with Crippen molar-refractivity contribution in [2.24, 2.45) is 17.4 Å². The second-order valence-electron chi connectivity index (χ2n) is 5.76. The minimum atomic E-state index is -0.0285. The van der Waals surface area contributed by atoms with Gasteiger partial charge in [0.25, 0.3) is 0 Å². The summed E-state index contributed by atoms with van der Waals surface area (Å²) in [6, 6.07) is 16.2. The van der Waals surface area contributed by atoms with Gasteiger partial charge in [-0.15, -0.1) is 0 Å². The number of hydrogen-bond acceptors (Lipinski definition) is 4. The van der Waals surface area contributed by atoms with Gasteiger partial charge < -0.3 is 20.9 Å². The van der Waals surface area contributed by atoms with E-state index in [-0.39, 0.29) is 6.04 Å². The lowest BCUT2D eigenvalue weighted by atomic mass is 9.87. The summed E-state index contributed by atoms with van der Waals surface area (Å²) in [5, 5.41) is 0. The van der Waals surface area contributed by atoms with E-state index in [4.69, 9.17) is 20.9 Å². The van der Waals surface area contributed by atoms with E-state index in [0.29, 0.717) is 12.5 Å². The van der Waals surface area contributed by atoms with E-state index in [1.54, 1.807) is 14.2 Å². The maximum Gasteiger partial charge on any atom is 0.118 e. The molecule has 2 rings (SSSR count). The van der Waals surface area contributed by atoms with Crippen molar-refractivity contribution < 1.29 is 9.47 Å². The van der Waals surface area contributed by atoms with Crippen LogP contribution >= 0.6 is 0 Å². The summed E-state index contributed by atoms with van der Waals surface area (Å²) in [4.78, 5) is 0. The Morgan fingerprint density at radius 2 is 1.17 bits per heavy atom. The summed E-state index contributed by atoms with van der Waals surface area (Å²) in [7, 11) is 3.34. The van der Waals surface area contributed by atoms with Crippen molar-refractivity contribution in [3.8, 4) is 11.5 Å².